The van der Waals surface area contributed by atoms with Crippen LogP contribution in [0.3, 0.4) is 0 Å². The third-order valence-corrected chi connectivity index (χ3v) is 6.61. The van der Waals surface area contributed by atoms with E-state index in [0.29, 0.717) is 47.3 Å². The average Bonchev–Trinajstić information content (AvgIpc) is 3.31. The third kappa shape index (κ3) is 5.87. The number of allylic oxidation sites excluding steroid dienone is 1. The minimum Gasteiger partial charge on any atom is -0.493 e. The van der Waals surface area contributed by atoms with Gasteiger partial charge in [-0.3, -0.25) is 0 Å². The number of methoxy groups -OCH3 is 5. The van der Waals surface area contributed by atoms with E-state index >= 15 is 0 Å². The van der Waals surface area contributed by atoms with Crippen molar-refractivity contribution >= 4 is 5.97 Å². The van der Waals surface area contributed by atoms with E-state index in [0.717, 1.165) is 11.1 Å². The zero-order valence-corrected chi connectivity index (χ0v) is 22.1. The van der Waals surface area contributed by atoms with E-state index in [1.165, 1.54) is 0 Å². The lowest BCUT2D eigenvalue weighted by Crippen LogP contribution is -2.24. The van der Waals surface area contributed by atoms with Crippen LogP contribution in [0.5, 0.6) is 28.7 Å². The molecule has 0 radical (unpaired) electrons. The van der Waals surface area contributed by atoms with Crippen molar-refractivity contribution in [3.63, 3.8) is 0 Å². The predicted octanol–water partition coefficient (Wildman–Crippen LogP) is 4.79. The Morgan fingerprint density at radius 3 is 2.11 bits per heavy atom. The summed E-state index contributed by atoms with van der Waals surface area (Å²) in [6.45, 7) is 4.27. The quantitative estimate of drug-likeness (QED) is 0.322. The molecule has 0 amide bonds. The van der Waals surface area contributed by atoms with Gasteiger partial charge in [0.2, 0.25) is 5.75 Å². The molecule has 1 fully saturated rings. The first-order valence-electron chi connectivity index (χ1n) is 11.8. The zero-order chi connectivity index (χ0) is 26.2. The molecule has 2 aromatic carbocycles. The molecule has 2 unspecified atom stereocenters. The van der Waals surface area contributed by atoms with Gasteiger partial charge in [-0.2, -0.15) is 0 Å². The molecule has 3 rings (SSSR count). The maximum atomic E-state index is 12.5. The van der Waals surface area contributed by atoms with Crippen LogP contribution in [0.4, 0.5) is 0 Å². The summed E-state index contributed by atoms with van der Waals surface area (Å²) in [6.07, 6.45) is 2.12. The van der Waals surface area contributed by atoms with Crippen LogP contribution in [0.25, 0.3) is 0 Å². The molecule has 0 aliphatic carbocycles. The Morgan fingerprint density at radius 2 is 1.56 bits per heavy atom. The number of carbonyl (C=O) groups excluding carboxylic acids is 1. The number of carbonyl (C=O) groups is 1. The van der Waals surface area contributed by atoms with Crippen molar-refractivity contribution in [1.82, 2.24) is 0 Å². The molecular weight excluding hydrogens is 464 g/mol. The number of hydrogen-bond acceptors (Lipinski definition) is 8. The first kappa shape index (κ1) is 27.2. The van der Waals surface area contributed by atoms with Crippen LogP contribution in [0.15, 0.2) is 42.0 Å². The Kier molecular flexibility index (Phi) is 9.47. The molecule has 0 saturated carbocycles. The monoisotopic (exact) mass is 500 g/mol. The smallest absolute Gasteiger partial charge is 0.333 e. The van der Waals surface area contributed by atoms with Gasteiger partial charge in [-0.15, -0.1) is 0 Å². The first-order valence-corrected chi connectivity index (χ1v) is 11.8. The van der Waals surface area contributed by atoms with Gasteiger partial charge >= 0.3 is 5.97 Å². The number of benzene rings is 2. The van der Waals surface area contributed by atoms with Crippen LogP contribution in [0.2, 0.25) is 0 Å². The Labute approximate surface area is 213 Å². The zero-order valence-electron chi connectivity index (χ0n) is 22.1. The maximum Gasteiger partial charge on any atom is 0.333 e. The molecule has 1 aliphatic heterocycles. The van der Waals surface area contributed by atoms with Gasteiger partial charge in [-0.25, -0.2) is 4.79 Å². The molecule has 0 aromatic heterocycles. The summed E-state index contributed by atoms with van der Waals surface area (Å²) in [5.74, 6) is 2.58. The summed E-state index contributed by atoms with van der Waals surface area (Å²) in [6, 6.07) is 9.65. The van der Waals surface area contributed by atoms with Crippen molar-refractivity contribution in [1.29, 1.82) is 0 Å². The fourth-order valence-electron chi connectivity index (χ4n) is 4.48. The Bertz CT molecular complexity index is 1050. The molecule has 0 spiro atoms. The molecule has 36 heavy (non-hydrogen) atoms. The minimum absolute atomic E-state index is 0.0888. The number of hydrogen-bond donors (Lipinski definition) is 0. The molecule has 8 nitrogen and oxygen atoms in total. The standard InChI is InChI=1S/C28H36O8/c1-8-17(2)28(29)36-16-21-20(11-18-9-10-22(30-3)23(12-18)31-4)15-35-26(21)19-13-24(32-5)27(34-7)25(14-19)33-6/h8-10,12-14,20-21,26H,11,15-16H2,1-7H3/b17-8-/t20-,21?,26?/m0/s1. The predicted molar refractivity (Wildman–Crippen MR) is 135 cm³/mol. The number of esters is 1. The number of ether oxygens (including phenoxy) is 7. The Balaban J connectivity index is 1.94. The summed E-state index contributed by atoms with van der Waals surface area (Å²) >= 11 is 0. The van der Waals surface area contributed by atoms with Gasteiger partial charge in [-0.1, -0.05) is 12.1 Å². The molecule has 3 atom stereocenters. The van der Waals surface area contributed by atoms with E-state index in [4.69, 9.17) is 33.2 Å². The van der Waals surface area contributed by atoms with Crippen molar-refractivity contribution < 1.29 is 38.0 Å². The Hall–Kier alpha value is -3.39. The summed E-state index contributed by atoms with van der Waals surface area (Å²) < 4.78 is 39.5. The molecule has 196 valence electrons. The second-order valence-electron chi connectivity index (χ2n) is 8.60. The lowest BCUT2D eigenvalue weighted by atomic mass is 9.84. The second-order valence-corrected chi connectivity index (χ2v) is 8.60. The number of rotatable bonds is 11. The molecule has 1 saturated heterocycles. The molecule has 1 heterocycles. The molecule has 0 N–H and O–H groups in total. The van der Waals surface area contributed by atoms with Gasteiger partial charge in [0.15, 0.2) is 23.0 Å². The summed E-state index contributed by atoms with van der Waals surface area (Å²) in [5.41, 5.74) is 2.51. The Morgan fingerprint density at radius 1 is 0.917 bits per heavy atom. The third-order valence-electron chi connectivity index (χ3n) is 6.61. The van der Waals surface area contributed by atoms with E-state index in [1.54, 1.807) is 48.5 Å². The van der Waals surface area contributed by atoms with Crippen LogP contribution in [0.1, 0.15) is 31.1 Å². The van der Waals surface area contributed by atoms with Crippen LogP contribution in [-0.2, 0) is 20.7 Å². The van der Waals surface area contributed by atoms with Crippen molar-refractivity contribution in [2.75, 3.05) is 48.8 Å². The van der Waals surface area contributed by atoms with E-state index in [1.807, 2.05) is 37.3 Å². The van der Waals surface area contributed by atoms with Gasteiger partial charge in [-0.05, 0) is 61.6 Å². The van der Waals surface area contributed by atoms with Crippen LogP contribution < -0.4 is 23.7 Å². The molecule has 0 bridgehead atoms. The van der Waals surface area contributed by atoms with Crippen LogP contribution in [0, 0.1) is 11.8 Å². The van der Waals surface area contributed by atoms with Crippen molar-refractivity contribution in [2.45, 2.75) is 26.4 Å². The van der Waals surface area contributed by atoms with E-state index < -0.39 is 0 Å². The molecule has 1 aliphatic rings. The highest BCUT2D eigenvalue weighted by Gasteiger charge is 2.40. The molecule has 2 aromatic rings. The van der Waals surface area contributed by atoms with Crippen molar-refractivity contribution in [3.8, 4) is 28.7 Å². The van der Waals surface area contributed by atoms with E-state index in [-0.39, 0.29) is 30.5 Å². The lowest BCUT2D eigenvalue weighted by molar-refractivity contribution is -0.141. The van der Waals surface area contributed by atoms with Crippen molar-refractivity contribution in [3.05, 3.63) is 53.1 Å². The SMILES string of the molecule is C/C=C(/C)C(=O)OCC1C(c2cc(OC)c(OC)c(OC)c2)OC[C@@H]1Cc1ccc(OC)c(OC)c1. The lowest BCUT2D eigenvalue weighted by Gasteiger charge is -2.24. The average molecular weight is 501 g/mol. The fraction of sp³-hybridized carbons (Fsp3) is 0.464. The fourth-order valence-corrected chi connectivity index (χ4v) is 4.48. The highest BCUT2D eigenvalue weighted by Crippen LogP contribution is 2.46. The first-order chi connectivity index (χ1) is 17.4. The van der Waals surface area contributed by atoms with Gasteiger partial charge in [0, 0.05) is 11.5 Å². The largest absolute Gasteiger partial charge is 0.493 e. The van der Waals surface area contributed by atoms with E-state index in [2.05, 4.69) is 0 Å². The highest BCUT2D eigenvalue weighted by molar-refractivity contribution is 5.87. The van der Waals surface area contributed by atoms with Crippen LogP contribution >= 0.6 is 0 Å². The second kappa shape index (κ2) is 12.5. The van der Waals surface area contributed by atoms with Gasteiger partial charge in [0.25, 0.3) is 0 Å². The van der Waals surface area contributed by atoms with Gasteiger partial charge in [0.1, 0.15) is 0 Å². The van der Waals surface area contributed by atoms with Gasteiger partial charge < -0.3 is 33.2 Å². The summed E-state index contributed by atoms with van der Waals surface area (Å²) in [4.78, 5) is 12.5. The van der Waals surface area contributed by atoms with Crippen molar-refractivity contribution in [2.24, 2.45) is 11.8 Å². The highest BCUT2D eigenvalue weighted by atomic mass is 16.5. The molecular formula is C28H36O8. The topological polar surface area (TPSA) is 81.7 Å². The summed E-state index contributed by atoms with van der Waals surface area (Å²) in [7, 11) is 7.95. The summed E-state index contributed by atoms with van der Waals surface area (Å²) in [5, 5.41) is 0. The van der Waals surface area contributed by atoms with E-state index in [9.17, 15) is 4.79 Å². The normalized spacial score (nSPS) is 19.5. The minimum atomic E-state index is -0.335. The maximum absolute atomic E-state index is 12.5. The molecule has 8 heteroatoms. The van der Waals surface area contributed by atoms with Crippen LogP contribution in [-0.4, -0.2) is 54.7 Å². The van der Waals surface area contributed by atoms with Gasteiger partial charge in [0.05, 0.1) is 54.9 Å².